The molecule has 0 bridgehead atoms. The van der Waals surface area contributed by atoms with Gasteiger partial charge < -0.3 is 14.2 Å². The summed E-state index contributed by atoms with van der Waals surface area (Å²) in [7, 11) is 0. The Kier molecular flexibility index (Phi) is 6.68. The standard InChI is InChI=1S/C15H12F4N2O6/c16-14(17)26-7-1-2-8(11(5-7)27-15(18)19)10(22)6-25-13(24)9-3-4-12(23)21-20-9/h1-2,5,14-15H,3-4,6H2,(H,21,23). The first-order valence-electron chi connectivity index (χ1n) is 7.35. The predicted molar refractivity (Wildman–Crippen MR) is 79.8 cm³/mol. The molecule has 8 nitrogen and oxygen atoms in total. The average Bonchev–Trinajstić information content (AvgIpc) is 2.59. The molecule has 1 heterocycles. The van der Waals surface area contributed by atoms with Gasteiger partial charge in [-0.1, -0.05) is 0 Å². The van der Waals surface area contributed by atoms with Crippen molar-refractivity contribution in [3.8, 4) is 11.5 Å². The lowest BCUT2D eigenvalue weighted by Crippen LogP contribution is -2.31. The van der Waals surface area contributed by atoms with Gasteiger partial charge in [0.15, 0.2) is 6.61 Å². The van der Waals surface area contributed by atoms with Gasteiger partial charge >= 0.3 is 19.2 Å². The van der Waals surface area contributed by atoms with Gasteiger partial charge in [-0.05, 0) is 12.1 Å². The molecule has 1 aromatic carbocycles. The molecule has 0 fully saturated rings. The van der Waals surface area contributed by atoms with Crippen LogP contribution < -0.4 is 14.9 Å². The summed E-state index contributed by atoms with van der Waals surface area (Å²) in [5, 5.41) is 3.48. The zero-order chi connectivity index (χ0) is 20.0. The molecule has 1 aromatic rings. The summed E-state index contributed by atoms with van der Waals surface area (Å²) < 4.78 is 62.3. The Morgan fingerprint density at radius 2 is 1.81 bits per heavy atom. The monoisotopic (exact) mass is 392 g/mol. The van der Waals surface area contributed by atoms with Crippen LogP contribution in [0.4, 0.5) is 17.6 Å². The highest BCUT2D eigenvalue weighted by Crippen LogP contribution is 2.28. The molecule has 0 radical (unpaired) electrons. The van der Waals surface area contributed by atoms with E-state index in [1.54, 1.807) is 0 Å². The summed E-state index contributed by atoms with van der Waals surface area (Å²) in [5.41, 5.74) is 1.52. The second-order valence-corrected chi connectivity index (χ2v) is 5.01. The number of rotatable bonds is 8. The number of halogens is 4. The molecule has 27 heavy (non-hydrogen) atoms. The van der Waals surface area contributed by atoms with E-state index < -0.39 is 48.6 Å². The zero-order valence-corrected chi connectivity index (χ0v) is 13.4. The molecule has 0 aromatic heterocycles. The number of alkyl halides is 4. The Labute approximate surface area is 149 Å². The van der Waals surface area contributed by atoms with Crippen LogP contribution in [0.25, 0.3) is 0 Å². The van der Waals surface area contributed by atoms with Crippen LogP contribution in [0.3, 0.4) is 0 Å². The van der Waals surface area contributed by atoms with Crippen molar-refractivity contribution >= 4 is 23.4 Å². The van der Waals surface area contributed by atoms with E-state index >= 15 is 0 Å². The lowest BCUT2D eigenvalue weighted by molar-refractivity contribution is -0.134. The average molecular weight is 392 g/mol. The van der Waals surface area contributed by atoms with Crippen LogP contribution in [0.15, 0.2) is 23.3 Å². The normalized spacial score (nSPS) is 13.9. The number of hydrazone groups is 1. The van der Waals surface area contributed by atoms with Crippen LogP contribution in [-0.2, 0) is 14.3 Å². The van der Waals surface area contributed by atoms with E-state index in [-0.39, 0.29) is 24.5 Å². The minimum Gasteiger partial charge on any atom is -0.453 e. The number of ketones is 1. The molecule has 146 valence electrons. The second kappa shape index (κ2) is 8.96. The second-order valence-electron chi connectivity index (χ2n) is 5.01. The molecule has 0 spiro atoms. The summed E-state index contributed by atoms with van der Waals surface area (Å²) in [6, 6.07) is 2.55. The van der Waals surface area contributed by atoms with Crippen LogP contribution >= 0.6 is 0 Å². The number of nitrogens with zero attached hydrogens (tertiary/aromatic N) is 1. The molecule has 0 saturated heterocycles. The fourth-order valence-corrected chi connectivity index (χ4v) is 2.02. The number of hydrogen-bond donors (Lipinski definition) is 1. The number of ether oxygens (including phenoxy) is 3. The van der Waals surface area contributed by atoms with E-state index in [9.17, 15) is 31.9 Å². The first-order valence-corrected chi connectivity index (χ1v) is 7.35. The van der Waals surface area contributed by atoms with Crippen LogP contribution in [0, 0.1) is 0 Å². The molecule has 2 rings (SSSR count). The number of nitrogens with one attached hydrogen (secondary N) is 1. The van der Waals surface area contributed by atoms with Crippen LogP contribution in [-0.4, -0.2) is 43.2 Å². The quantitative estimate of drug-likeness (QED) is 0.412. The molecular weight excluding hydrogens is 380 g/mol. The Bertz CT molecular complexity index is 769. The first kappa shape index (κ1) is 20.1. The molecule has 1 aliphatic heterocycles. The van der Waals surface area contributed by atoms with E-state index in [0.29, 0.717) is 6.07 Å². The molecular formula is C15H12F4N2O6. The van der Waals surface area contributed by atoms with Crippen molar-refractivity contribution in [2.45, 2.75) is 26.1 Å². The van der Waals surface area contributed by atoms with Crippen LogP contribution in [0.5, 0.6) is 11.5 Å². The highest BCUT2D eigenvalue weighted by atomic mass is 19.3. The van der Waals surface area contributed by atoms with Crippen molar-refractivity contribution in [2.24, 2.45) is 5.10 Å². The van der Waals surface area contributed by atoms with E-state index in [1.807, 2.05) is 0 Å². The maximum Gasteiger partial charge on any atom is 0.387 e. The number of carbonyl (C=O) groups is 3. The summed E-state index contributed by atoms with van der Waals surface area (Å²) in [6.45, 7) is -7.38. The number of hydrogen-bond acceptors (Lipinski definition) is 7. The van der Waals surface area contributed by atoms with Crippen molar-refractivity contribution in [3.05, 3.63) is 23.8 Å². The van der Waals surface area contributed by atoms with Gasteiger partial charge in [0.2, 0.25) is 11.7 Å². The number of carbonyl (C=O) groups excluding carboxylic acids is 3. The SMILES string of the molecule is O=C1CCC(C(=O)OCC(=O)c2ccc(OC(F)F)cc2OC(F)F)=NN1. The Morgan fingerprint density at radius 3 is 2.41 bits per heavy atom. The van der Waals surface area contributed by atoms with Crippen molar-refractivity contribution < 1.29 is 46.2 Å². The van der Waals surface area contributed by atoms with E-state index in [1.165, 1.54) is 0 Å². The lowest BCUT2D eigenvalue weighted by atomic mass is 10.1. The van der Waals surface area contributed by atoms with Gasteiger partial charge in [0.25, 0.3) is 0 Å². The highest BCUT2D eigenvalue weighted by Gasteiger charge is 2.23. The van der Waals surface area contributed by atoms with Gasteiger partial charge in [0.05, 0.1) is 5.56 Å². The molecule has 1 aliphatic rings. The summed E-state index contributed by atoms with van der Waals surface area (Å²) in [5.74, 6) is -3.50. The third kappa shape index (κ3) is 5.94. The molecule has 12 heteroatoms. The van der Waals surface area contributed by atoms with E-state index in [2.05, 4.69) is 20.0 Å². The van der Waals surface area contributed by atoms with Gasteiger partial charge in [-0.2, -0.15) is 22.7 Å². The topological polar surface area (TPSA) is 103 Å². The van der Waals surface area contributed by atoms with Gasteiger partial charge in [0.1, 0.15) is 17.2 Å². The maximum atomic E-state index is 12.5. The maximum absolute atomic E-state index is 12.5. The molecule has 0 atom stereocenters. The number of Topliss-reactive ketones (excluding diaryl/α,β-unsaturated/α-hetero) is 1. The number of esters is 1. The Balaban J connectivity index is 2.07. The van der Waals surface area contributed by atoms with Crippen LogP contribution in [0.2, 0.25) is 0 Å². The van der Waals surface area contributed by atoms with Crippen molar-refractivity contribution in [2.75, 3.05) is 6.61 Å². The fourth-order valence-electron chi connectivity index (χ4n) is 2.02. The third-order valence-electron chi connectivity index (χ3n) is 3.17. The Hall–Kier alpha value is -3.18. The van der Waals surface area contributed by atoms with Gasteiger partial charge in [-0.15, -0.1) is 0 Å². The fraction of sp³-hybridized carbons (Fsp3) is 0.333. The van der Waals surface area contributed by atoms with E-state index in [0.717, 1.165) is 12.1 Å². The van der Waals surface area contributed by atoms with Crippen molar-refractivity contribution in [3.63, 3.8) is 0 Å². The minimum absolute atomic E-state index is 0.0122. The molecule has 0 unspecified atom stereocenters. The zero-order valence-electron chi connectivity index (χ0n) is 13.4. The Morgan fingerprint density at radius 1 is 1.11 bits per heavy atom. The molecule has 1 N–H and O–H groups in total. The number of benzene rings is 1. The minimum atomic E-state index is -3.33. The lowest BCUT2D eigenvalue weighted by Gasteiger charge is -2.13. The first-order chi connectivity index (χ1) is 12.8. The summed E-state index contributed by atoms with van der Waals surface area (Å²) >= 11 is 0. The van der Waals surface area contributed by atoms with Crippen molar-refractivity contribution in [1.29, 1.82) is 0 Å². The van der Waals surface area contributed by atoms with E-state index in [4.69, 9.17) is 4.74 Å². The molecule has 0 saturated carbocycles. The van der Waals surface area contributed by atoms with Gasteiger partial charge in [-0.3, -0.25) is 9.59 Å². The summed E-state index contributed by atoms with van der Waals surface area (Å²) in [4.78, 5) is 34.8. The smallest absolute Gasteiger partial charge is 0.387 e. The predicted octanol–water partition coefficient (Wildman–Crippen LogP) is 1.88. The highest BCUT2D eigenvalue weighted by molar-refractivity contribution is 6.37. The number of amides is 1. The van der Waals surface area contributed by atoms with Crippen molar-refractivity contribution in [1.82, 2.24) is 5.43 Å². The largest absolute Gasteiger partial charge is 0.453 e. The van der Waals surface area contributed by atoms with Gasteiger partial charge in [-0.25, -0.2) is 10.2 Å². The summed E-state index contributed by atoms with van der Waals surface area (Å²) in [6.07, 6.45) is 0.0259. The molecule has 1 amide bonds. The molecule has 0 aliphatic carbocycles. The van der Waals surface area contributed by atoms with Gasteiger partial charge in [0, 0.05) is 18.9 Å². The van der Waals surface area contributed by atoms with Crippen LogP contribution in [0.1, 0.15) is 23.2 Å². The third-order valence-corrected chi connectivity index (χ3v) is 3.17.